The van der Waals surface area contributed by atoms with Crippen LogP contribution in [0.5, 0.6) is 0 Å². The number of nitrogens with one attached hydrogen (secondary N) is 2. The Kier molecular flexibility index (Phi) is 5.46. The van der Waals surface area contributed by atoms with Gasteiger partial charge in [-0.3, -0.25) is 9.89 Å². The third-order valence-electron chi connectivity index (χ3n) is 3.38. The minimum atomic E-state index is -0.683. The smallest absolute Gasteiger partial charge is 0.256 e. The van der Waals surface area contributed by atoms with E-state index < -0.39 is 5.91 Å². The van der Waals surface area contributed by atoms with Crippen LogP contribution in [-0.4, -0.2) is 22.3 Å². The summed E-state index contributed by atoms with van der Waals surface area (Å²) in [4.78, 5) is 16.1. The number of aliphatic imine (C=N–C) groups is 1. The number of nitrogens with two attached hydrogens (primary N) is 1. The van der Waals surface area contributed by atoms with Crippen LogP contribution < -0.4 is 11.1 Å². The number of rotatable bonds is 5. The molecular weight excluding hydrogens is 397 g/mol. The van der Waals surface area contributed by atoms with Gasteiger partial charge in [-0.25, -0.2) is 4.99 Å². The molecule has 132 valence electrons. The van der Waals surface area contributed by atoms with Crippen LogP contribution in [-0.2, 0) is 0 Å². The first kappa shape index (κ1) is 18.3. The summed E-state index contributed by atoms with van der Waals surface area (Å²) in [7, 11) is 0. The van der Waals surface area contributed by atoms with Crippen molar-refractivity contribution in [2.24, 2.45) is 10.7 Å². The summed E-state index contributed by atoms with van der Waals surface area (Å²) >= 11 is 17.9. The Bertz CT molecular complexity index is 1000. The van der Waals surface area contributed by atoms with Crippen molar-refractivity contribution in [3.05, 3.63) is 68.7 Å². The van der Waals surface area contributed by atoms with E-state index in [4.69, 9.17) is 40.5 Å². The van der Waals surface area contributed by atoms with Crippen molar-refractivity contribution in [2.45, 2.75) is 0 Å². The number of aromatic amines is 1. The first-order valence-corrected chi connectivity index (χ1v) is 8.47. The molecule has 0 unspecified atom stereocenters. The zero-order valence-electron chi connectivity index (χ0n) is 13.1. The van der Waals surface area contributed by atoms with Crippen LogP contribution in [0.3, 0.4) is 0 Å². The predicted molar refractivity (Wildman–Crippen MR) is 106 cm³/mol. The summed E-state index contributed by atoms with van der Waals surface area (Å²) in [5.41, 5.74) is 6.89. The van der Waals surface area contributed by atoms with Gasteiger partial charge in [0.15, 0.2) is 5.82 Å². The van der Waals surface area contributed by atoms with Crippen molar-refractivity contribution in [2.75, 3.05) is 5.32 Å². The highest BCUT2D eigenvalue weighted by molar-refractivity contribution is 6.36. The van der Waals surface area contributed by atoms with Gasteiger partial charge in [-0.2, -0.15) is 5.10 Å². The van der Waals surface area contributed by atoms with Crippen molar-refractivity contribution in [3.8, 4) is 0 Å². The molecule has 0 fully saturated rings. The number of hydrogen-bond donors (Lipinski definition) is 3. The lowest BCUT2D eigenvalue weighted by atomic mass is 10.2. The first-order chi connectivity index (χ1) is 12.4. The lowest BCUT2D eigenvalue weighted by molar-refractivity contribution is 0.100. The van der Waals surface area contributed by atoms with Crippen LogP contribution in [0, 0.1) is 0 Å². The number of hydrogen-bond acceptors (Lipinski definition) is 4. The first-order valence-electron chi connectivity index (χ1n) is 7.34. The van der Waals surface area contributed by atoms with E-state index in [1.165, 1.54) is 6.21 Å². The quantitative estimate of drug-likeness (QED) is 0.520. The fourth-order valence-electron chi connectivity index (χ4n) is 2.20. The standard InChI is InChI=1S/C17H12Cl3N5O/c18-10-2-1-3-12(6-10)23-17-14(15(21)26)16(24-25-17)22-8-9-4-5-11(19)7-13(9)20/h1-8H,(H2,21,26)(H2,23,24,25). The van der Waals surface area contributed by atoms with Gasteiger partial charge < -0.3 is 11.1 Å². The Morgan fingerprint density at radius 2 is 1.92 bits per heavy atom. The van der Waals surface area contributed by atoms with Crippen LogP contribution >= 0.6 is 34.8 Å². The highest BCUT2D eigenvalue weighted by Gasteiger charge is 2.18. The summed E-state index contributed by atoms with van der Waals surface area (Å²) in [6.45, 7) is 0. The molecule has 2 aromatic carbocycles. The Morgan fingerprint density at radius 1 is 1.15 bits per heavy atom. The van der Waals surface area contributed by atoms with Crippen LogP contribution in [0.4, 0.5) is 17.3 Å². The normalized spacial score (nSPS) is 11.0. The third-order valence-corrected chi connectivity index (χ3v) is 4.17. The molecule has 4 N–H and O–H groups in total. The van der Waals surface area contributed by atoms with Gasteiger partial charge in [0.1, 0.15) is 11.4 Å². The minimum Gasteiger partial charge on any atom is -0.365 e. The molecule has 0 saturated carbocycles. The maximum Gasteiger partial charge on any atom is 0.256 e. The van der Waals surface area contributed by atoms with Crippen molar-refractivity contribution in [1.29, 1.82) is 0 Å². The molecular formula is C17H12Cl3N5O. The van der Waals surface area contributed by atoms with Crippen LogP contribution in [0.25, 0.3) is 0 Å². The number of nitrogens with zero attached hydrogens (tertiary/aromatic N) is 2. The molecule has 0 atom stereocenters. The molecule has 0 spiro atoms. The molecule has 0 aliphatic heterocycles. The number of carbonyl (C=O) groups excluding carboxylic acids is 1. The van der Waals surface area contributed by atoms with E-state index in [1.807, 2.05) is 0 Å². The second-order valence-electron chi connectivity index (χ2n) is 5.22. The molecule has 3 rings (SSSR count). The van der Waals surface area contributed by atoms with Gasteiger partial charge in [0.25, 0.3) is 5.91 Å². The molecule has 0 aliphatic rings. The molecule has 1 aromatic heterocycles. The average Bonchev–Trinajstić information content (AvgIpc) is 2.97. The largest absolute Gasteiger partial charge is 0.365 e. The number of carbonyl (C=O) groups is 1. The van der Waals surface area contributed by atoms with E-state index in [1.54, 1.807) is 42.5 Å². The molecule has 0 saturated heterocycles. The van der Waals surface area contributed by atoms with Gasteiger partial charge in [0.05, 0.1) is 5.02 Å². The monoisotopic (exact) mass is 407 g/mol. The van der Waals surface area contributed by atoms with E-state index in [0.29, 0.717) is 32.1 Å². The van der Waals surface area contributed by atoms with Crippen LogP contribution in [0.1, 0.15) is 15.9 Å². The second kappa shape index (κ2) is 7.78. The Hall–Kier alpha value is -2.54. The van der Waals surface area contributed by atoms with E-state index >= 15 is 0 Å². The fraction of sp³-hybridized carbons (Fsp3) is 0. The van der Waals surface area contributed by atoms with Gasteiger partial charge in [0, 0.05) is 27.5 Å². The van der Waals surface area contributed by atoms with Crippen LogP contribution in [0.2, 0.25) is 15.1 Å². The zero-order chi connectivity index (χ0) is 18.7. The molecule has 1 heterocycles. The van der Waals surface area contributed by atoms with Crippen molar-refractivity contribution in [3.63, 3.8) is 0 Å². The molecule has 0 radical (unpaired) electrons. The predicted octanol–water partition coefficient (Wildman–Crippen LogP) is 4.96. The molecule has 1 amide bonds. The maximum atomic E-state index is 11.9. The van der Waals surface area contributed by atoms with Gasteiger partial charge in [0.2, 0.25) is 0 Å². The fourth-order valence-corrected chi connectivity index (χ4v) is 2.84. The van der Waals surface area contributed by atoms with Gasteiger partial charge in [-0.15, -0.1) is 0 Å². The lowest BCUT2D eigenvalue weighted by Gasteiger charge is -2.05. The topological polar surface area (TPSA) is 96.2 Å². The van der Waals surface area contributed by atoms with Gasteiger partial charge in [-0.1, -0.05) is 46.9 Å². The molecule has 0 aliphatic carbocycles. The van der Waals surface area contributed by atoms with Crippen LogP contribution in [0.15, 0.2) is 47.5 Å². The third kappa shape index (κ3) is 4.16. The van der Waals surface area contributed by atoms with Gasteiger partial charge >= 0.3 is 0 Å². The van der Waals surface area contributed by atoms with Crippen molar-refractivity contribution < 1.29 is 4.79 Å². The number of amides is 1. The van der Waals surface area contributed by atoms with E-state index in [-0.39, 0.29) is 11.4 Å². The maximum absolute atomic E-state index is 11.9. The highest BCUT2D eigenvalue weighted by atomic mass is 35.5. The number of H-pyrrole nitrogens is 1. The van der Waals surface area contributed by atoms with Crippen molar-refractivity contribution >= 4 is 64.2 Å². The number of primary amides is 1. The Labute approximate surface area is 164 Å². The number of anilines is 2. The summed E-state index contributed by atoms with van der Waals surface area (Å²) in [6.07, 6.45) is 1.48. The number of halogens is 3. The van der Waals surface area contributed by atoms with E-state index in [0.717, 1.165) is 0 Å². The summed E-state index contributed by atoms with van der Waals surface area (Å²) < 4.78 is 0. The number of benzene rings is 2. The summed E-state index contributed by atoms with van der Waals surface area (Å²) in [6, 6.07) is 12.0. The van der Waals surface area contributed by atoms with Crippen molar-refractivity contribution in [1.82, 2.24) is 10.2 Å². The summed E-state index contributed by atoms with van der Waals surface area (Å²) in [5.74, 6) is -0.236. The van der Waals surface area contributed by atoms with E-state index in [9.17, 15) is 4.79 Å². The lowest BCUT2D eigenvalue weighted by Crippen LogP contribution is -2.12. The molecule has 0 bridgehead atoms. The summed E-state index contributed by atoms with van der Waals surface area (Å²) in [5, 5.41) is 11.2. The average molecular weight is 409 g/mol. The molecule has 26 heavy (non-hydrogen) atoms. The second-order valence-corrected chi connectivity index (χ2v) is 6.50. The molecule has 9 heteroatoms. The number of aromatic nitrogens is 2. The van der Waals surface area contributed by atoms with Gasteiger partial charge in [-0.05, 0) is 30.3 Å². The molecule has 3 aromatic rings. The Balaban J connectivity index is 1.92. The SMILES string of the molecule is NC(=O)c1c(N=Cc2ccc(Cl)cc2Cl)n[nH]c1Nc1cccc(Cl)c1. The molecule has 6 nitrogen and oxygen atoms in total. The zero-order valence-corrected chi connectivity index (χ0v) is 15.4. The van der Waals surface area contributed by atoms with E-state index in [2.05, 4.69) is 20.5 Å². The minimum absolute atomic E-state index is 0.117. The Morgan fingerprint density at radius 3 is 2.62 bits per heavy atom. The highest BCUT2D eigenvalue weighted by Crippen LogP contribution is 2.28.